The number of anilines is 1. The molecule has 7 heteroatoms. The predicted molar refractivity (Wildman–Crippen MR) is 119 cm³/mol. The fourth-order valence-corrected chi connectivity index (χ4v) is 3.93. The highest BCUT2D eigenvalue weighted by atomic mass is 16.5. The van der Waals surface area contributed by atoms with Gasteiger partial charge in [0, 0.05) is 31.2 Å². The van der Waals surface area contributed by atoms with Gasteiger partial charge >= 0.3 is 0 Å². The summed E-state index contributed by atoms with van der Waals surface area (Å²) in [5, 5.41) is 5.91. The Morgan fingerprint density at radius 3 is 2.55 bits per heavy atom. The van der Waals surface area contributed by atoms with Crippen LogP contribution in [0.2, 0.25) is 0 Å². The number of rotatable bonds is 7. The van der Waals surface area contributed by atoms with Crippen LogP contribution in [-0.4, -0.2) is 48.9 Å². The van der Waals surface area contributed by atoms with E-state index in [1.165, 1.54) is 0 Å². The van der Waals surface area contributed by atoms with Crippen LogP contribution in [0, 0.1) is 17.8 Å². The van der Waals surface area contributed by atoms with Crippen molar-refractivity contribution < 1.29 is 19.1 Å². The average Bonchev–Trinajstić information content (AvgIpc) is 2.82. The smallest absolute Gasteiger partial charge is 0.227 e. The van der Waals surface area contributed by atoms with Gasteiger partial charge in [0.1, 0.15) is 0 Å². The molecule has 0 aromatic heterocycles. The number of benzene rings is 1. The van der Waals surface area contributed by atoms with E-state index in [0.717, 1.165) is 17.7 Å². The first-order valence-electron chi connectivity index (χ1n) is 11.2. The number of nitrogens with zero attached hydrogens (tertiary/aromatic N) is 1. The van der Waals surface area contributed by atoms with Crippen LogP contribution >= 0.6 is 0 Å². The zero-order chi connectivity index (χ0) is 22.2. The number of hydrogen-bond donors (Lipinski definition) is 2. The van der Waals surface area contributed by atoms with E-state index in [4.69, 9.17) is 4.74 Å². The molecule has 2 aliphatic rings. The number of ether oxygens (including phenoxy) is 1. The summed E-state index contributed by atoms with van der Waals surface area (Å²) in [7, 11) is 0. The lowest BCUT2D eigenvalue weighted by molar-refractivity contribution is -0.145. The molecule has 7 nitrogen and oxygen atoms in total. The molecule has 1 aliphatic carbocycles. The highest BCUT2D eigenvalue weighted by Gasteiger charge is 2.36. The predicted octanol–water partition coefficient (Wildman–Crippen LogP) is 2.73. The number of carbonyl (C=O) groups is 3. The van der Waals surface area contributed by atoms with Gasteiger partial charge in [-0.15, -0.1) is 0 Å². The minimum Gasteiger partial charge on any atom is -0.378 e. The number of carbonyl (C=O) groups excluding carboxylic acids is 3. The Bertz CT molecular complexity index is 817. The Balaban J connectivity index is 1.59. The summed E-state index contributed by atoms with van der Waals surface area (Å²) in [6, 6.07) is 7.49. The zero-order valence-corrected chi connectivity index (χ0v) is 18.4. The van der Waals surface area contributed by atoms with E-state index in [2.05, 4.69) is 10.6 Å². The minimum absolute atomic E-state index is 0.0119. The van der Waals surface area contributed by atoms with Crippen LogP contribution in [-0.2, 0) is 25.7 Å². The van der Waals surface area contributed by atoms with Crippen molar-refractivity contribution in [2.24, 2.45) is 17.8 Å². The monoisotopic (exact) mass is 427 g/mol. The number of nitrogens with one attached hydrogen (secondary N) is 2. The summed E-state index contributed by atoms with van der Waals surface area (Å²) >= 11 is 0. The SMILES string of the molecule is CC[C@H](C)C(=O)Nc1cccc(CNC(=O)[C@H]2CC=CC[C@@H]2C(=O)N2CCOCC2)c1. The second-order valence-corrected chi connectivity index (χ2v) is 8.31. The highest BCUT2D eigenvalue weighted by molar-refractivity contribution is 5.92. The van der Waals surface area contributed by atoms with Gasteiger partial charge < -0.3 is 20.3 Å². The van der Waals surface area contributed by atoms with Gasteiger partial charge in [0.05, 0.1) is 25.0 Å². The molecule has 0 spiro atoms. The fourth-order valence-electron chi connectivity index (χ4n) is 3.93. The summed E-state index contributed by atoms with van der Waals surface area (Å²) in [5.41, 5.74) is 1.62. The Kier molecular flexibility index (Phi) is 8.23. The largest absolute Gasteiger partial charge is 0.378 e. The summed E-state index contributed by atoms with van der Waals surface area (Å²) in [6.07, 6.45) is 5.92. The molecule has 0 unspecified atom stereocenters. The number of allylic oxidation sites excluding steroid dienone is 2. The van der Waals surface area contributed by atoms with Gasteiger partial charge in [-0.05, 0) is 37.0 Å². The molecular weight excluding hydrogens is 394 g/mol. The summed E-state index contributed by atoms with van der Waals surface area (Å²) < 4.78 is 5.34. The van der Waals surface area contributed by atoms with Crippen molar-refractivity contribution in [2.45, 2.75) is 39.7 Å². The van der Waals surface area contributed by atoms with Gasteiger partial charge in [-0.25, -0.2) is 0 Å². The average molecular weight is 428 g/mol. The molecule has 3 amide bonds. The quantitative estimate of drug-likeness (QED) is 0.655. The molecule has 3 atom stereocenters. The van der Waals surface area contributed by atoms with Crippen LogP contribution < -0.4 is 10.6 Å². The minimum atomic E-state index is -0.367. The van der Waals surface area contributed by atoms with Crippen molar-refractivity contribution >= 4 is 23.4 Å². The van der Waals surface area contributed by atoms with E-state index in [1.807, 2.05) is 55.2 Å². The molecule has 0 saturated carbocycles. The van der Waals surface area contributed by atoms with Crippen molar-refractivity contribution in [3.63, 3.8) is 0 Å². The Hall–Kier alpha value is -2.67. The molecule has 1 saturated heterocycles. The first kappa shape index (κ1) is 23.0. The maximum Gasteiger partial charge on any atom is 0.227 e. The van der Waals surface area contributed by atoms with E-state index in [-0.39, 0.29) is 35.5 Å². The van der Waals surface area contributed by atoms with E-state index < -0.39 is 0 Å². The molecule has 1 aromatic rings. The van der Waals surface area contributed by atoms with Gasteiger partial charge in [-0.1, -0.05) is 38.1 Å². The van der Waals surface area contributed by atoms with Crippen molar-refractivity contribution in [2.75, 3.05) is 31.6 Å². The molecule has 1 heterocycles. The molecule has 1 aliphatic heterocycles. The fraction of sp³-hybridized carbons (Fsp3) is 0.542. The normalized spacial score (nSPS) is 21.9. The Morgan fingerprint density at radius 2 is 1.84 bits per heavy atom. The van der Waals surface area contributed by atoms with Gasteiger partial charge in [0.25, 0.3) is 0 Å². The van der Waals surface area contributed by atoms with Gasteiger partial charge in [-0.3, -0.25) is 14.4 Å². The zero-order valence-electron chi connectivity index (χ0n) is 18.4. The van der Waals surface area contributed by atoms with Crippen LogP contribution in [0.1, 0.15) is 38.7 Å². The van der Waals surface area contributed by atoms with Crippen molar-refractivity contribution in [1.29, 1.82) is 0 Å². The summed E-state index contributed by atoms with van der Waals surface area (Å²) in [4.78, 5) is 39.9. The molecule has 2 N–H and O–H groups in total. The second kappa shape index (κ2) is 11.1. The maximum atomic E-state index is 13.0. The first-order chi connectivity index (χ1) is 15.0. The standard InChI is InChI=1S/C24H33N3O4/c1-3-17(2)22(28)26-19-8-6-7-18(15-19)16-25-23(29)20-9-4-5-10-21(20)24(30)27-11-13-31-14-12-27/h4-8,15,17,20-21H,3,9-14,16H2,1-2H3,(H,25,29)(H,26,28)/t17-,20-,21-/m0/s1. The van der Waals surface area contributed by atoms with Gasteiger partial charge in [0.15, 0.2) is 0 Å². The summed E-state index contributed by atoms with van der Waals surface area (Å²) in [5.74, 6) is -0.823. The van der Waals surface area contributed by atoms with E-state index in [0.29, 0.717) is 45.7 Å². The third kappa shape index (κ3) is 6.17. The summed E-state index contributed by atoms with van der Waals surface area (Å²) in [6.45, 7) is 6.50. The Labute approximate surface area is 184 Å². The highest BCUT2D eigenvalue weighted by Crippen LogP contribution is 2.28. The van der Waals surface area contributed by atoms with Crippen LogP contribution in [0.25, 0.3) is 0 Å². The lowest BCUT2D eigenvalue weighted by atomic mass is 9.81. The van der Waals surface area contributed by atoms with Gasteiger partial charge in [-0.2, -0.15) is 0 Å². The lowest BCUT2D eigenvalue weighted by Gasteiger charge is -2.34. The molecule has 0 radical (unpaired) electrons. The third-order valence-corrected chi connectivity index (χ3v) is 6.13. The molecule has 31 heavy (non-hydrogen) atoms. The van der Waals surface area contributed by atoms with Crippen molar-refractivity contribution in [3.05, 3.63) is 42.0 Å². The Morgan fingerprint density at radius 1 is 1.13 bits per heavy atom. The van der Waals surface area contributed by atoms with Crippen molar-refractivity contribution in [3.8, 4) is 0 Å². The molecular formula is C24H33N3O4. The maximum absolute atomic E-state index is 13.0. The number of amides is 3. The number of morpholine rings is 1. The molecule has 3 rings (SSSR count). The topological polar surface area (TPSA) is 87.7 Å². The molecule has 168 valence electrons. The first-order valence-corrected chi connectivity index (χ1v) is 11.2. The number of hydrogen-bond acceptors (Lipinski definition) is 4. The second-order valence-electron chi connectivity index (χ2n) is 8.31. The molecule has 0 bridgehead atoms. The van der Waals surface area contributed by atoms with Crippen LogP contribution in [0.5, 0.6) is 0 Å². The van der Waals surface area contributed by atoms with E-state index in [1.54, 1.807) is 0 Å². The van der Waals surface area contributed by atoms with Crippen LogP contribution in [0.4, 0.5) is 5.69 Å². The van der Waals surface area contributed by atoms with E-state index >= 15 is 0 Å². The van der Waals surface area contributed by atoms with Crippen LogP contribution in [0.15, 0.2) is 36.4 Å². The molecule has 1 aromatic carbocycles. The van der Waals surface area contributed by atoms with E-state index in [9.17, 15) is 14.4 Å². The molecule has 1 fully saturated rings. The third-order valence-electron chi connectivity index (χ3n) is 6.13. The van der Waals surface area contributed by atoms with Crippen molar-refractivity contribution in [1.82, 2.24) is 10.2 Å². The van der Waals surface area contributed by atoms with Crippen LogP contribution in [0.3, 0.4) is 0 Å². The lowest BCUT2D eigenvalue weighted by Crippen LogP contribution is -2.48. The van der Waals surface area contributed by atoms with Gasteiger partial charge in [0.2, 0.25) is 17.7 Å².